The van der Waals surface area contributed by atoms with Crippen molar-refractivity contribution in [2.45, 2.75) is 43.4 Å². The van der Waals surface area contributed by atoms with Crippen LogP contribution in [0.1, 0.15) is 38.5 Å². The van der Waals surface area contributed by atoms with Crippen LogP contribution in [0.25, 0.3) is 0 Å². The molecule has 1 aromatic carbocycles. The molecule has 0 radical (unpaired) electrons. The monoisotopic (exact) mass is 372 g/mol. The van der Waals surface area contributed by atoms with Gasteiger partial charge in [-0.2, -0.15) is 4.31 Å². The van der Waals surface area contributed by atoms with Gasteiger partial charge in [0.15, 0.2) is 0 Å². The van der Waals surface area contributed by atoms with E-state index in [0.717, 1.165) is 23.1 Å². The highest BCUT2D eigenvalue weighted by Crippen LogP contribution is 2.28. The van der Waals surface area contributed by atoms with Gasteiger partial charge in [-0.25, -0.2) is 8.42 Å². The van der Waals surface area contributed by atoms with Gasteiger partial charge in [-0.3, -0.25) is 4.79 Å². The SMILES string of the molecule is CN(CC(=O)NCCCC1CCCC1)S(=O)(=O)c1ccc(Cl)cc1. The molecule has 1 aromatic rings. The van der Waals surface area contributed by atoms with Gasteiger partial charge >= 0.3 is 0 Å². The maximum absolute atomic E-state index is 12.4. The third kappa shape index (κ3) is 5.46. The molecular weight excluding hydrogens is 348 g/mol. The third-order valence-electron chi connectivity index (χ3n) is 4.47. The molecule has 1 N–H and O–H groups in total. The van der Waals surface area contributed by atoms with Crippen LogP contribution < -0.4 is 5.32 Å². The van der Waals surface area contributed by atoms with E-state index in [1.165, 1.54) is 57.0 Å². The second-order valence-electron chi connectivity index (χ2n) is 6.36. The van der Waals surface area contributed by atoms with E-state index in [0.29, 0.717) is 11.6 Å². The van der Waals surface area contributed by atoms with Crippen LogP contribution in [0.3, 0.4) is 0 Å². The van der Waals surface area contributed by atoms with Crippen molar-refractivity contribution in [1.82, 2.24) is 9.62 Å². The number of carbonyl (C=O) groups is 1. The fourth-order valence-corrected chi connectivity index (χ4v) is 4.30. The summed E-state index contributed by atoms with van der Waals surface area (Å²) in [5, 5.41) is 3.27. The molecule has 0 heterocycles. The van der Waals surface area contributed by atoms with E-state index >= 15 is 0 Å². The van der Waals surface area contributed by atoms with Crippen LogP contribution in [0.15, 0.2) is 29.2 Å². The van der Waals surface area contributed by atoms with Crippen LogP contribution in [-0.4, -0.2) is 38.8 Å². The van der Waals surface area contributed by atoms with Gasteiger partial charge in [0.1, 0.15) is 0 Å². The topological polar surface area (TPSA) is 66.5 Å². The Morgan fingerprint density at radius 2 is 1.88 bits per heavy atom. The summed E-state index contributed by atoms with van der Waals surface area (Å²) in [5.41, 5.74) is 0. The first-order valence-electron chi connectivity index (χ1n) is 8.38. The zero-order chi connectivity index (χ0) is 17.6. The summed E-state index contributed by atoms with van der Waals surface area (Å²) in [7, 11) is -2.28. The molecule has 1 aliphatic carbocycles. The van der Waals surface area contributed by atoms with Crippen LogP contribution in [0.4, 0.5) is 0 Å². The highest BCUT2D eigenvalue weighted by molar-refractivity contribution is 7.89. The summed E-state index contributed by atoms with van der Waals surface area (Å²) in [6.45, 7) is 0.415. The molecule has 0 aromatic heterocycles. The number of carbonyl (C=O) groups excluding carboxylic acids is 1. The predicted octanol–water partition coefficient (Wildman–Crippen LogP) is 3.05. The summed E-state index contributed by atoms with van der Waals surface area (Å²) in [5.74, 6) is 0.524. The number of rotatable bonds is 8. The minimum atomic E-state index is -3.68. The number of nitrogens with zero attached hydrogens (tertiary/aromatic N) is 1. The first-order valence-corrected chi connectivity index (χ1v) is 10.2. The van der Waals surface area contributed by atoms with Gasteiger partial charge < -0.3 is 5.32 Å². The Bertz CT molecular complexity index is 640. The molecule has 1 saturated carbocycles. The molecule has 5 nitrogen and oxygen atoms in total. The van der Waals surface area contributed by atoms with Gasteiger partial charge in [-0.1, -0.05) is 37.3 Å². The number of hydrogen-bond acceptors (Lipinski definition) is 3. The van der Waals surface area contributed by atoms with E-state index in [-0.39, 0.29) is 17.3 Å². The van der Waals surface area contributed by atoms with Crippen molar-refractivity contribution in [2.24, 2.45) is 5.92 Å². The molecule has 1 aliphatic rings. The fourth-order valence-electron chi connectivity index (χ4n) is 3.05. The van der Waals surface area contributed by atoms with Gasteiger partial charge in [0.25, 0.3) is 0 Å². The van der Waals surface area contributed by atoms with Crippen molar-refractivity contribution >= 4 is 27.5 Å². The van der Waals surface area contributed by atoms with Crippen LogP contribution in [0.5, 0.6) is 0 Å². The van der Waals surface area contributed by atoms with Crippen molar-refractivity contribution in [3.05, 3.63) is 29.3 Å². The quantitative estimate of drug-likeness (QED) is 0.713. The van der Waals surface area contributed by atoms with Gasteiger partial charge in [0, 0.05) is 18.6 Å². The minimum Gasteiger partial charge on any atom is -0.355 e. The van der Waals surface area contributed by atoms with Crippen molar-refractivity contribution in [1.29, 1.82) is 0 Å². The fraction of sp³-hybridized carbons (Fsp3) is 0.588. The summed E-state index contributed by atoms with van der Waals surface area (Å²) in [6.07, 6.45) is 7.34. The smallest absolute Gasteiger partial charge is 0.243 e. The molecule has 7 heteroatoms. The average Bonchev–Trinajstić information content (AvgIpc) is 3.05. The summed E-state index contributed by atoms with van der Waals surface area (Å²) in [4.78, 5) is 12.1. The highest BCUT2D eigenvalue weighted by atomic mass is 35.5. The Labute approximate surface area is 149 Å². The van der Waals surface area contributed by atoms with Gasteiger partial charge in [0.2, 0.25) is 15.9 Å². The van der Waals surface area contributed by atoms with E-state index in [1.54, 1.807) is 0 Å². The Hall–Kier alpha value is -1.11. The van der Waals surface area contributed by atoms with Gasteiger partial charge in [0.05, 0.1) is 11.4 Å². The number of sulfonamides is 1. The molecule has 0 bridgehead atoms. The lowest BCUT2D eigenvalue weighted by atomic mass is 10.0. The van der Waals surface area contributed by atoms with E-state index in [4.69, 9.17) is 11.6 Å². The van der Waals surface area contributed by atoms with Crippen LogP contribution in [0.2, 0.25) is 5.02 Å². The number of nitrogens with one attached hydrogen (secondary N) is 1. The molecule has 134 valence electrons. The zero-order valence-electron chi connectivity index (χ0n) is 14.0. The highest BCUT2D eigenvalue weighted by Gasteiger charge is 2.22. The van der Waals surface area contributed by atoms with Crippen molar-refractivity contribution in [3.63, 3.8) is 0 Å². The minimum absolute atomic E-state index is 0.128. The van der Waals surface area contributed by atoms with Crippen molar-refractivity contribution in [2.75, 3.05) is 20.1 Å². The van der Waals surface area contributed by atoms with Crippen LogP contribution in [0, 0.1) is 5.92 Å². The second kappa shape index (κ2) is 8.83. The normalized spacial score (nSPS) is 15.8. The average molecular weight is 373 g/mol. The number of likely N-dealkylation sites (N-methyl/N-ethyl adjacent to an activating group) is 1. The number of benzene rings is 1. The molecular formula is C17H25ClN2O3S. The van der Waals surface area contributed by atoms with Crippen molar-refractivity contribution < 1.29 is 13.2 Å². The Morgan fingerprint density at radius 3 is 2.50 bits per heavy atom. The standard InChI is InChI=1S/C17H25ClN2O3S/c1-20(24(22,23)16-10-8-15(18)9-11-16)13-17(21)19-12-4-7-14-5-2-3-6-14/h8-11,14H,2-7,12-13H2,1H3,(H,19,21). The molecule has 0 aliphatic heterocycles. The lowest BCUT2D eigenvalue weighted by Crippen LogP contribution is -2.38. The number of hydrogen-bond donors (Lipinski definition) is 1. The molecule has 24 heavy (non-hydrogen) atoms. The lowest BCUT2D eigenvalue weighted by molar-refractivity contribution is -0.121. The first kappa shape index (κ1) is 19.2. The van der Waals surface area contributed by atoms with Gasteiger partial charge in [-0.15, -0.1) is 0 Å². The van der Waals surface area contributed by atoms with Crippen LogP contribution in [-0.2, 0) is 14.8 Å². The molecule has 1 amide bonds. The molecule has 0 unspecified atom stereocenters. The number of halogens is 1. The van der Waals surface area contributed by atoms with E-state index in [9.17, 15) is 13.2 Å². The van der Waals surface area contributed by atoms with Crippen LogP contribution >= 0.6 is 11.6 Å². The van der Waals surface area contributed by atoms with Crippen molar-refractivity contribution in [3.8, 4) is 0 Å². The van der Waals surface area contributed by atoms with E-state index < -0.39 is 10.0 Å². The molecule has 0 spiro atoms. The Balaban J connectivity index is 1.76. The van der Waals surface area contributed by atoms with Gasteiger partial charge in [-0.05, 0) is 43.0 Å². The first-order chi connectivity index (χ1) is 11.4. The molecule has 0 saturated heterocycles. The summed E-state index contributed by atoms with van der Waals surface area (Å²) >= 11 is 5.77. The largest absolute Gasteiger partial charge is 0.355 e. The summed E-state index contributed by atoms with van der Waals surface area (Å²) in [6, 6.07) is 5.91. The predicted molar refractivity (Wildman–Crippen MR) is 95.5 cm³/mol. The Morgan fingerprint density at radius 1 is 1.25 bits per heavy atom. The number of amides is 1. The molecule has 0 atom stereocenters. The summed E-state index contributed by atoms with van der Waals surface area (Å²) < 4.78 is 25.8. The maximum atomic E-state index is 12.4. The van der Waals surface area contributed by atoms with E-state index in [2.05, 4.69) is 5.32 Å². The molecule has 1 fully saturated rings. The van der Waals surface area contributed by atoms with E-state index in [1.807, 2.05) is 0 Å². The second-order valence-corrected chi connectivity index (χ2v) is 8.84. The Kier molecular flexibility index (Phi) is 7.07. The zero-order valence-corrected chi connectivity index (χ0v) is 15.6. The molecule has 2 rings (SSSR count). The maximum Gasteiger partial charge on any atom is 0.243 e. The third-order valence-corrected chi connectivity index (χ3v) is 6.54. The lowest BCUT2D eigenvalue weighted by Gasteiger charge is -2.17.